The number of benzene rings is 1. The van der Waals surface area contributed by atoms with E-state index in [9.17, 15) is 9.59 Å². The molecule has 3 rings (SSSR count). The first-order valence-electron chi connectivity index (χ1n) is 7.00. The Balaban J connectivity index is 1.72. The van der Waals surface area contributed by atoms with Crippen LogP contribution in [0.25, 0.3) is 0 Å². The van der Waals surface area contributed by atoms with E-state index in [1.807, 2.05) is 19.9 Å². The fraction of sp³-hybridized carbons (Fsp3) is 0.312. The van der Waals surface area contributed by atoms with E-state index < -0.39 is 6.09 Å². The predicted molar refractivity (Wildman–Crippen MR) is 84.6 cm³/mol. The van der Waals surface area contributed by atoms with Crippen molar-refractivity contribution in [1.82, 2.24) is 4.98 Å². The van der Waals surface area contributed by atoms with Gasteiger partial charge in [-0.15, -0.1) is 0 Å². The average Bonchev–Trinajstić information content (AvgIpc) is 2.80. The quantitative estimate of drug-likeness (QED) is 0.912. The molecule has 0 fully saturated rings. The van der Waals surface area contributed by atoms with Crippen LogP contribution in [0.5, 0.6) is 5.75 Å². The summed E-state index contributed by atoms with van der Waals surface area (Å²) < 4.78 is 5.15. The molecule has 0 spiro atoms. The molecule has 114 valence electrons. The van der Waals surface area contributed by atoms with Gasteiger partial charge in [0, 0.05) is 6.42 Å². The first kappa shape index (κ1) is 14.7. The van der Waals surface area contributed by atoms with Gasteiger partial charge >= 0.3 is 6.09 Å². The molecule has 1 aliphatic rings. The lowest BCUT2D eigenvalue weighted by Gasteiger charge is -2.26. The van der Waals surface area contributed by atoms with Crippen LogP contribution in [0.2, 0.25) is 0 Å². The topological polar surface area (TPSA) is 68.3 Å². The van der Waals surface area contributed by atoms with Crippen molar-refractivity contribution < 1.29 is 14.3 Å². The molecule has 1 heterocycles. The third kappa shape index (κ3) is 3.17. The van der Waals surface area contributed by atoms with Gasteiger partial charge in [0.2, 0.25) is 0 Å². The van der Waals surface area contributed by atoms with Gasteiger partial charge in [0.1, 0.15) is 5.75 Å². The average molecular weight is 316 g/mol. The van der Waals surface area contributed by atoms with Crippen molar-refractivity contribution >= 4 is 28.3 Å². The van der Waals surface area contributed by atoms with Gasteiger partial charge in [-0.05, 0) is 24.0 Å². The second-order valence-corrected chi connectivity index (χ2v) is 7.06. The number of fused-ring (bicyclic) bond motifs is 1. The number of nitrogens with one attached hydrogen (secondary N) is 1. The fourth-order valence-corrected chi connectivity index (χ4v) is 3.39. The van der Waals surface area contributed by atoms with E-state index in [2.05, 4.69) is 10.3 Å². The summed E-state index contributed by atoms with van der Waals surface area (Å²) in [6.45, 7) is 4.09. The number of hydrogen-bond donors (Lipinski definition) is 1. The number of amides is 1. The summed E-state index contributed by atoms with van der Waals surface area (Å²) in [6.07, 6.45) is 0.639. The Bertz CT molecular complexity index is 722. The van der Waals surface area contributed by atoms with Gasteiger partial charge in [0.25, 0.3) is 0 Å². The van der Waals surface area contributed by atoms with E-state index in [0.717, 1.165) is 12.1 Å². The Morgan fingerprint density at radius 3 is 2.73 bits per heavy atom. The maximum Gasteiger partial charge on any atom is 0.418 e. The summed E-state index contributed by atoms with van der Waals surface area (Å²) >= 11 is 1.21. The minimum Gasteiger partial charge on any atom is -0.410 e. The van der Waals surface area contributed by atoms with E-state index in [0.29, 0.717) is 22.2 Å². The second kappa shape index (κ2) is 5.53. The van der Waals surface area contributed by atoms with Crippen LogP contribution in [0.1, 0.15) is 35.6 Å². The van der Waals surface area contributed by atoms with Gasteiger partial charge in [-0.3, -0.25) is 10.1 Å². The number of carbonyl (C=O) groups excluding carboxylic acids is 2. The van der Waals surface area contributed by atoms with Gasteiger partial charge in [0.15, 0.2) is 10.9 Å². The van der Waals surface area contributed by atoms with Crippen molar-refractivity contribution in [2.24, 2.45) is 5.41 Å². The molecule has 1 N–H and O–H groups in total. The van der Waals surface area contributed by atoms with Gasteiger partial charge in [-0.25, -0.2) is 9.78 Å². The molecule has 0 radical (unpaired) electrons. The van der Waals surface area contributed by atoms with Crippen molar-refractivity contribution in [2.75, 3.05) is 5.32 Å². The molecule has 1 amide bonds. The van der Waals surface area contributed by atoms with Crippen LogP contribution >= 0.6 is 11.3 Å². The zero-order valence-electron chi connectivity index (χ0n) is 12.4. The molecule has 6 heteroatoms. The number of nitrogens with zero attached hydrogens (tertiary/aromatic N) is 1. The fourth-order valence-electron chi connectivity index (χ4n) is 2.48. The molecular formula is C16H16N2O3S. The van der Waals surface area contributed by atoms with Crippen LogP contribution < -0.4 is 10.1 Å². The van der Waals surface area contributed by atoms with Crippen LogP contribution in [0, 0.1) is 5.41 Å². The first-order valence-corrected chi connectivity index (χ1v) is 7.81. The Hall–Kier alpha value is -2.21. The molecule has 0 atom stereocenters. The lowest BCUT2D eigenvalue weighted by Crippen LogP contribution is -2.26. The molecule has 1 aromatic heterocycles. The van der Waals surface area contributed by atoms with Crippen molar-refractivity contribution in [3.8, 4) is 5.75 Å². The molecule has 0 saturated heterocycles. The van der Waals surface area contributed by atoms with Crippen LogP contribution in [0.3, 0.4) is 0 Å². The number of hydrogen-bond acceptors (Lipinski definition) is 5. The molecule has 1 aliphatic carbocycles. The molecule has 0 bridgehead atoms. The van der Waals surface area contributed by atoms with Gasteiger partial charge < -0.3 is 4.74 Å². The van der Waals surface area contributed by atoms with Crippen LogP contribution in [-0.2, 0) is 6.42 Å². The molecule has 5 nitrogen and oxygen atoms in total. The highest BCUT2D eigenvalue weighted by atomic mass is 32.1. The Kier molecular flexibility index (Phi) is 3.70. The maximum atomic E-state index is 12.1. The summed E-state index contributed by atoms with van der Waals surface area (Å²) in [4.78, 5) is 29.0. The molecule has 0 unspecified atom stereocenters. The van der Waals surface area contributed by atoms with E-state index in [4.69, 9.17) is 4.74 Å². The monoisotopic (exact) mass is 316 g/mol. The van der Waals surface area contributed by atoms with E-state index >= 15 is 0 Å². The molecule has 1 aromatic carbocycles. The van der Waals surface area contributed by atoms with Crippen molar-refractivity contribution in [2.45, 2.75) is 26.7 Å². The number of para-hydroxylation sites is 1. The van der Waals surface area contributed by atoms with E-state index in [1.165, 1.54) is 11.3 Å². The number of carbonyl (C=O) groups is 2. The largest absolute Gasteiger partial charge is 0.418 e. The van der Waals surface area contributed by atoms with Crippen LogP contribution in [-0.4, -0.2) is 16.9 Å². The minimum absolute atomic E-state index is 0.0834. The number of rotatable bonds is 2. The number of Topliss-reactive ketones (excluding diaryl/α,β-unsaturated/α-hetero) is 1. The van der Waals surface area contributed by atoms with E-state index in [-0.39, 0.29) is 11.2 Å². The van der Waals surface area contributed by atoms with Crippen molar-refractivity contribution in [3.05, 3.63) is 40.9 Å². The summed E-state index contributed by atoms with van der Waals surface area (Å²) in [5, 5.41) is 2.99. The summed E-state index contributed by atoms with van der Waals surface area (Å²) in [7, 11) is 0. The molecule has 2 aromatic rings. The lowest BCUT2D eigenvalue weighted by molar-refractivity contribution is 0.0916. The maximum absolute atomic E-state index is 12.1. The normalized spacial score (nSPS) is 16.0. The number of thiazole rings is 1. The van der Waals surface area contributed by atoms with Gasteiger partial charge in [-0.1, -0.05) is 43.4 Å². The summed E-state index contributed by atoms with van der Waals surface area (Å²) in [6, 6.07) is 8.79. The molecule has 0 aliphatic heterocycles. The number of aromatic nitrogens is 1. The number of ketones is 1. The van der Waals surface area contributed by atoms with Crippen LogP contribution in [0.4, 0.5) is 9.93 Å². The number of ether oxygens (including phenoxy) is 1. The van der Waals surface area contributed by atoms with Crippen molar-refractivity contribution in [1.29, 1.82) is 0 Å². The Labute approximate surface area is 132 Å². The lowest BCUT2D eigenvalue weighted by atomic mass is 9.78. The van der Waals surface area contributed by atoms with Crippen LogP contribution in [0.15, 0.2) is 30.3 Å². The zero-order valence-corrected chi connectivity index (χ0v) is 13.2. The summed E-state index contributed by atoms with van der Waals surface area (Å²) in [5.74, 6) is 0.548. The van der Waals surface area contributed by atoms with Crippen molar-refractivity contribution in [3.63, 3.8) is 0 Å². The summed E-state index contributed by atoms with van der Waals surface area (Å²) in [5.41, 5.74) is 0.682. The standard InChI is InChI=1S/C16H16N2O3S/c1-16(2)8-11-13(12(19)9-16)22-14(17-11)18-15(20)21-10-6-4-3-5-7-10/h3-7H,8-9H2,1-2H3,(H,17,18,20). The molecular weight excluding hydrogens is 300 g/mol. The highest BCUT2D eigenvalue weighted by Gasteiger charge is 2.34. The zero-order chi connectivity index (χ0) is 15.7. The Morgan fingerprint density at radius 2 is 2.00 bits per heavy atom. The predicted octanol–water partition coefficient (Wildman–Crippen LogP) is 3.91. The van der Waals surface area contributed by atoms with Gasteiger partial charge in [0.05, 0.1) is 10.6 Å². The minimum atomic E-state index is -0.607. The second-order valence-electron chi connectivity index (χ2n) is 6.06. The SMILES string of the molecule is CC1(C)CC(=O)c2sc(NC(=O)Oc3ccccc3)nc2C1. The van der Waals surface area contributed by atoms with E-state index in [1.54, 1.807) is 24.3 Å². The molecule has 22 heavy (non-hydrogen) atoms. The first-order chi connectivity index (χ1) is 10.4. The third-order valence-electron chi connectivity index (χ3n) is 3.40. The Morgan fingerprint density at radius 1 is 1.27 bits per heavy atom. The highest BCUT2D eigenvalue weighted by Crippen LogP contribution is 2.38. The smallest absolute Gasteiger partial charge is 0.410 e. The number of anilines is 1. The third-order valence-corrected chi connectivity index (χ3v) is 4.45. The molecule has 0 saturated carbocycles. The highest BCUT2D eigenvalue weighted by molar-refractivity contribution is 7.17. The van der Waals surface area contributed by atoms with Gasteiger partial charge in [-0.2, -0.15) is 0 Å².